The van der Waals surface area contributed by atoms with Crippen LogP contribution in [0.1, 0.15) is 29.3 Å². The maximum Gasteiger partial charge on any atom is 0.311 e. The Morgan fingerprint density at radius 1 is 1.14 bits per heavy atom. The minimum Gasteiger partial charge on any atom is -0.457 e. The second kappa shape index (κ2) is 8.29. The zero-order valence-electron chi connectivity index (χ0n) is 15.3. The summed E-state index contributed by atoms with van der Waals surface area (Å²) < 4.78 is 31.2. The lowest BCUT2D eigenvalue weighted by Crippen LogP contribution is -2.28. The summed E-state index contributed by atoms with van der Waals surface area (Å²) in [6.45, 7) is 1.56. The van der Waals surface area contributed by atoms with Gasteiger partial charge in [0.15, 0.2) is 24.0 Å². The molecule has 7 heteroatoms. The molecule has 0 bridgehead atoms. The first-order chi connectivity index (χ1) is 13.4. The van der Waals surface area contributed by atoms with Crippen LogP contribution in [-0.4, -0.2) is 30.8 Å². The predicted molar refractivity (Wildman–Crippen MR) is 97.9 cm³/mol. The zero-order chi connectivity index (χ0) is 20.3. The van der Waals surface area contributed by atoms with E-state index in [0.29, 0.717) is 0 Å². The molecular weight excluding hydrogens is 368 g/mol. The molecule has 0 spiro atoms. The van der Waals surface area contributed by atoms with Crippen LogP contribution in [0.5, 0.6) is 0 Å². The Morgan fingerprint density at radius 3 is 2.61 bits per heavy atom. The number of Topliss-reactive ketones (excluding diaryl/α,β-unsaturated/α-hetero) is 1. The van der Waals surface area contributed by atoms with Crippen molar-refractivity contribution in [1.82, 2.24) is 0 Å². The number of halogens is 2. The van der Waals surface area contributed by atoms with Crippen molar-refractivity contribution in [1.29, 1.82) is 0 Å². The number of carbonyl (C=O) groups excluding carboxylic acids is 3. The number of amides is 1. The fraction of sp³-hybridized carbons (Fsp3) is 0.286. The van der Waals surface area contributed by atoms with E-state index in [4.69, 9.17) is 4.74 Å². The lowest BCUT2D eigenvalue weighted by atomic mass is 10.1. The Hall–Kier alpha value is -3.09. The molecule has 0 N–H and O–H groups in total. The highest BCUT2D eigenvalue weighted by Gasteiger charge is 2.37. The quantitative estimate of drug-likeness (QED) is 0.564. The maximum absolute atomic E-state index is 13.2. The summed E-state index contributed by atoms with van der Waals surface area (Å²) in [5.41, 5.74) is 1.68. The van der Waals surface area contributed by atoms with Crippen molar-refractivity contribution in [2.45, 2.75) is 19.8 Å². The van der Waals surface area contributed by atoms with E-state index in [2.05, 4.69) is 0 Å². The lowest BCUT2D eigenvalue weighted by molar-refractivity contribution is -0.147. The number of esters is 1. The predicted octanol–water partition coefficient (Wildman–Crippen LogP) is 3.31. The smallest absolute Gasteiger partial charge is 0.311 e. The van der Waals surface area contributed by atoms with E-state index < -0.39 is 35.9 Å². The summed E-state index contributed by atoms with van der Waals surface area (Å²) in [6, 6.07) is 10.2. The lowest BCUT2D eigenvalue weighted by Gasteiger charge is -2.19. The number of rotatable bonds is 6. The van der Waals surface area contributed by atoms with Crippen LogP contribution < -0.4 is 4.90 Å². The summed E-state index contributed by atoms with van der Waals surface area (Å²) in [7, 11) is 0. The van der Waals surface area contributed by atoms with Crippen LogP contribution >= 0.6 is 0 Å². The topological polar surface area (TPSA) is 63.7 Å². The molecule has 1 atom stereocenters. The second-order valence-electron chi connectivity index (χ2n) is 6.55. The van der Waals surface area contributed by atoms with Gasteiger partial charge in [-0.3, -0.25) is 14.4 Å². The highest BCUT2D eigenvalue weighted by atomic mass is 19.2. The van der Waals surface area contributed by atoms with E-state index in [9.17, 15) is 23.2 Å². The molecule has 1 saturated heterocycles. The van der Waals surface area contributed by atoms with Crippen molar-refractivity contribution in [3.8, 4) is 0 Å². The number of hydrogen-bond acceptors (Lipinski definition) is 4. The van der Waals surface area contributed by atoms with E-state index >= 15 is 0 Å². The highest BCUT2D eigenvalue weighted by molar-refractivity contribution is 6.01. The van der Waals surface area contributed by atoms with Gasteiger partial charge in [0.05, 0.1) is 5.92 Å². The van der Waals surface area contributed by atoms with E-state index in [0.717, 1.165) is 35.9 Å². The molecule has 0 aliphatic carbocycles. The summed E-state index contributed by atoms with van der Waals surface area (Å²) in [4.78, 5) is 38.2. The average molecular weight is 387 g/mol. The summed E-state index contributed by atoms with van der Waals surface area (Å²) in [6.07, 6.45) is 0.744. The molecule has 0 unspecified atom stereocenters. The third-order valence-corrected chi connectivity index (χ3v) is 4.71. The molecule has 0 aromatic heterocycles. The number of aryl methyl sites for hydroxylation is 1. The van der Waals surface area contributed by atoms with Crippen LogP contribution in [0.2, 0.25) is 0 Å². The van der Waals surface area contributed by atoms with E-state index in [1.165, 1.54) is 0 Å². The molecule has 28 heavy (non-hydrogen) atoms. The standard InChI is InChI=1S/C21H19F2NO4/c1-2-13-5-3-4-6-18(13)24-11-15(10-20(24)26)21(27)28-12-19(25)14-7-8-16(22)17(23)9-14/h3-9,15H,2,10-12H2,1H3/t15-/m1/s1. The molecule has 0 radical (unpaired) electrons. The van der Waals surface area contributed by atoms with Crippen LogP contribution in [0.15, 0.2) is 42.5 Å². The van der Waals surface area contributed by atoms with Gasteiger partial charge in [-0.05, 0) is 36.2 Å². The van der Waals surface area contributed by atoms with Gasteiger partial charge in [0, 0.05) is 24.2 Å². The van der Waals surface area contributed by atoms with E-state index in [1.54, 1.807) is 4.90 Å². The van der Waals surface area contributed by atoms with Crippen molar-refractivity contribution < 1.29 is 27.9 Å². The fourth-order valence-electron chi connectivity index (χ4n) is 3.18. The fourth-order valence-corrected chi connectivity index (χ4v) is 3.18. The van der Waals surface area contributed by atoms with Crippen molar-refractivity contribution in [3.05, 3.63) is 65.2 Å². The number of ether oxygens (including phenoxy) is 1. The molecule has 3 rings (SSSR count). The molecule has 5 nitrogen and oxygen atoms in total. The van der Waals surface area contributed by atoms with Crippen molar-refractivity contribution in [2.24, 2.45) is 5.92 Å². The Morgan fingerprint density at radius 2 is 1.89 bits per heavy atom. The SMILES string of the molecule is CCc1ccccc1N1C[C@H](C(=O)OCC(=O)c2ccc(F)c(F)c2)CC1=O. The molecule has 1 amide bonds. The van der Waals surface area contributed by atoms with Crippen molar-refractivity contribution >= 4 is 23.3 Å². The minimum atomic E-state index is -1.15. The van der Waals surface area contributed by atoms with E-state index in [-0.39, 0.29) is 24.4 Å². The van der Waals surface area contributed by atoms with Crippen LogP contribution in [-0.2, 0) is 20.7 Å². The van der Waals surface area contributed by atoms with E-state index in [1.807, 2.05) is 31.2 Å². The third kappa shape index (κ3) is 4.08. The van der Waals surface area contributed by atoms with Gasteiger partial charge in [-0.15, -0.1) is 0 Å². The van der Waals surface area contributed by atoms with Crippen LogP contribution in [0.3, 0.4) is 0 Å². The minimum absolute atomic E-state index is 0.00372. The molecule has 1 aliphatic heterocycles. The van der Waals surface area contributed by atoms with Gasteiger partial charge in [0.2, 0.25) is 5.91 Å². The Bertz CT molecular complexity index is 928. The van der Waals surface area contributed by atoms with Gasteiger partial charge < -0.3 is 9.64 Å². The molecule has 0 saturated carbocycles. The molecular formula is C21H19F2NO4. The number of carbonyl (C=O) groups is 3. The maximum atomic E-state index is 13.2. The first kappa shape index (κ1) is 19.7. The first-order valence-electron chi connectivity index (χ1n) is 8.93. The van der Waals surface area contributed by atoms with Gasteiger partial charge in [-0.2, -0.15) is 0 Å². The second-order valence-corrected chi connectivity index (χ2v) is 6.55. The van der Waals surface area contributed by atoms with Gasteiger partial charge in [0.25, 0.3) is 0 Å². The van der Waals surface area contributed by atoms with Gasteiger partial charge >= 0.3 is 5.97 Å². The first-order valence-corrected chi connectivity index (χ1v) is 8.93. The molecule has 2 aromatic carbocycles. The van der Waals surface area contributed by atoms with Crippen LogP contribution in [0.4, 0.5) is 14.5 Å². The summed E-state index contributed by atoms with van der Waals surface area (Å²) >= 11 is 0. The number of benzene rings is 2. The third-order valence-electron chi connectivity index (χ3n) is 4.71. The zero-order valence-corrected chi connectivity index (χ0v) is 15.3. The molecule has 146 valence electrons. The number of ketones is 1. The largest absolute Gasteiger partial charge is 0.457 e. The monoisotopic (exact) mass is 387 g/mol. The Kier molecular flexibility index (Phi) is 5.82. The Balaban J connectivity index is 1.61. The molecule has 1 aliphatic rings. The van der Waals surface area contributed by atoms with Gasteiger partial charge in [0.1, 0.15) is 0 Å². The van der Waals surface area contributed by atoms with Gasteiger partial charge in [-0.25, -0.2) is 8.78 Å². The summed E-state index contributed by atoms with van der Waals surface area (Å²) in [5, 5.41) is 0. The van der Waals surface area contributed by atoms with Crippen LogP contribution in [0.25, 0.3) is 0 Å². The molecule has 2 aromatic rings. The number of para-hydroxylation sites is 1. The number of nitrogens with zero attached hydrogens (tertiary/aromatic N) is 1. The highest BCUT2D eigenvalue weighted by Crippen LogP contribution is 2.29. The molecule has 1 fully saturated rings. The number of anilines is 1. The molecule has 1 heterocycles. The Labute approximate surface area is 160 Å². The number of hydrogen-bond donors (Lipinski definition) is 0. The van der Waals surface area contributed by atoms with Crippen molar-refractivity contribution in [3.63, 3.8) is 0 Å². The average Bonchev–Trinajstić information content (AvgIpc) is 3.09. The van der Waals surface area contributed by atoms with Crippen LogP contribution in [0, 0.1) is 17.6 Å². The van der Waals surface area contributed by atoms with Gasteiger partial charge in [-0.1, -0.05) is 25.1 Å². The van der Waals surface area contributed by atoms with Crippen molar-refractivity contribution in [2.75, 3.05) is 18.1 Å². The normalized spacial score (nSPS) is 16.3. The summed E-state index contributed by atoms with van der Waals surface area (Å²) in [5.74, 6) is -4.40.